The molecule has 10 heteroatoms. The third kappa shape index (κ3) is 4.71. The molecule has 0 radical (unpaired) electrons. The first-order valence-corrected chi connectivity index (χ1v) is 11.0. The Bertz CT molecular complexity index is 831. The number of aryl methyl sites for hydroxylation is 1. The summed E-state index contributed by atoms with van der Waals surface area (Å²) in [5.41, 5.74) is 1.44. The molecule has 2 aromatic rings. The summed E-state index contributed by atoms with van der Waals surface area (Å²) in [6, 6.07) is 3.44. The number of alkyl halides is 3. The van der Waals surface area contributed by atoms with Crippen molar-refractivity contribution >= 4 is 74.4 Å². The van der Waals surface area contributed by atoms with Gasteiger partial charge >= 0.3 is 5.97 Å². The van der Waals surface area contributed by atoms with Crippen molar-refractivity contribution in [3.05, 3.63) is 38.4 Å². The number of ether oxygens (including phenoxy) is 1. The van der Waals surface area contributed by atoms with Crippen molar-refractivity contribution in [3.8, 4) is 0 Å². The summed E-state index contributed by atoms with van der Waals surface area (Å²) >= 11 is 21.0. The van der Waals surface area contributed by atoms with E-state index in [-0.39, 0.29) is 5.91 Å². The minimum absolute atomic E-state index is 0.366. The summed E-state index contributed by atoms with van der Waals surface area (Å²) in [6.07, 6.45) is 2.75. The molecule has 1 amide bonds. The number of nitrogens with one attached hydrogen (secondary N) is 2. The van der Waals surface area contributed by atoms with Crippen molar-refractivity contribution in [2.75, 3.05) is 12.4 Å². The van der Waals surface area contributed by atoms with Crippen molar-refractivity contribution in [2.45, 2.75) is 35.6 Å². The van der Waals surface area contributed by atoms with E-state index in [0.29, 0.717) is 15.4 Å². The van der Waals surface area contributed by atoms with Crippen LogP contribution in [-0.4, -0.2) is 28.9 Å². The van der Waals surface area contributed by atoms with E-state index in [1.807, 2.05) is 0 Å². The van der Waals surface area contributed by atoms with E-state index in [9.17, 15) is 9.59 Å². The lowest BCUT2D eigenvalue weighted by Gasteiger charge is -2.27. The van der Waals surface area contributed by atoms with Gasteiger partial charge in [-0.3, -0.25) is 4.79 Å². The van der Waals surface area contributed by atoms with Crippen LogP contribution in [0.15, 0.2) is 17.5 Å². The molecular formula is C17H17Cl3N2O3S2. The van der Waals surface area contributed by atoms with Crippen LogP contribution in [0.2, 0.25) is 0 Å². The average molecular weight is 468 g/mol. The molecule has 27 heavy (non-hydrogen) atoms. The number of halogens is 3. The number of carbonyl (C=O) groups is 2. The van der Waals surface area contributed by atoms with Crippen molar-refractivity contribution in [3.63, 3.8) is 0 Å². The molecule has 2 heterocycles. The highest BCUT2D eigenvalue weighted by atomic mass is 35.6. The van der Waals surface area contributed by atoms with Gasteiger partial charge in [-0.2, -0.15) is 0 Å². The summed E-state index contributed by atoms with van der Waals surface area (Å²) in [7, 11) is 1.34. The van der Waals surface area contributed by atoms with E-state index in [2.05, 4.69) is 10.6 Å². The van der Waals surface area contributed by atoms with Crippen LogP contribution in [0.4, 0.5) is 5.00 Å². The molecule has 2 N–H and O–H groups in total. The SMILES string of the molecule is COC(=O)c1c(N[C@H](NC(=O)c2cccs2)C(Cl)(Cl)Cl)sc2c1CCCC2. The third-order valence-corrected chi connectivity index (χ3v) is 6.93. The molecule has 0 saturated carbocycles. The highest BCUT2D eigenvalue weighted by Gasteiger charge is 2.37. The number of methoxy groups -OCH3 is 1. The molecule has 0 saturated heterocycles. The summed E-state index contributed by atoms with van der Waals surface area (Å²) in [5, 5.41) is 8.06. The predicted octanol–water partition coefficient (Wildman–Crippen LogP) is 5.01. The number of thiophene rings is 2. The first kappa shape index (κ1) is 20.7. The summed E-state index contributed by atoms with van der Waals surface area (Å²) in [6.45, 7) is 0. The first-order chi connectivity index (χ1) is 12.8. The number of hydrogen-bond donors (Lipinski definition) is 2. The van der Waals surface area contributed by atoms with Crippen LogP contribution < -0.4 is 10.6 Å². The maximum atomic E-state index is 12.4. The van der Waals surface area contributed by atoms with E-state index in [0.717, 1.165) is 36.1 Å². The molecule has 2 aromatic heterocycles. The van der Waals surface area contributed by atoms with Crippen molar-refractivity contribution in [2.24, 2.45) is 0 Å². The molecule has 1 atom stereocenters. The average Bonchev–Trinajstić information content (AvgIpc) is 3.27. The standard InChI is InChI=1S/C17H17Cl3N2O3S2/c1-25-15(24)12-9-5-2-3-6-10(9)27-14(12)22-16(17(18,19)20)21-13(23)11-7-4-8-26-11/h4,7-8,16,22H,2-3,5-6H2,1H3,(H,21,23)/t16-/m0/s1. The number of hydrogen-bond acceptors (Lipinski definition) is 6. The van der Waals surface area contributed by atoms with E-state index < -0.39 is 15.9 Å². The molecule has 3 rings (SSSR count). The van der Waals surface area contributed by atoms with Gasteiger partial charge in [-0.25, -0.2) is 4.79 Å². The Morgan fingerprint density at radius 3 is 2.63 bits per heavy atom. The number of fused-ring (bicyclic) bond motifs is 1. The molecule has 0 aromatic carbocycles. The van der Waals surface area contributed by atoms with Crippen LogP contribution in [0.5, 0.6) is 0 Å². The van der Waals surface area contributed by atoms with Gasteiger partial charge in [0.2, 0.25) is 3.79 Å². The molecular weight excluding hydrogens is 451 g/mol. The quantitative estimate of drug-likeness (QED) is 0.368. The fourth-order valence-electron chi connectivity index (χ4n) is 2.93. The van der Waals surface area contributed by atoms with Gasteiger partial charge in [0.1, 0.15) is 11.2 Å². The smallest absolute Gasteiger partial charge is 0.341 e. The van der Waals surface area contributed by atoms with Crippen molar-refractivity contribution < 1.29 is 14.3 Å². The van der Waals surface area contributed by atoms with Crippen molar-refractivity contribution in [1.29, 1.82) is 0 Å². The highest BCUT2D eigenvalue weighted by molar-refractivity contribution is 7.16. The van der Waals surface area contributed by atoms with Gasteiger partial charge in [-0.1, -0.05) is 40.9 Å². The van der Waals surface area contributed by atoms with Crippen LogP contribution in [-0.2, 0) is 17.6 Å². The largest absolute Gasteiger partial charge is 0.465 e. The number of esters is 1. The third-order valence-electron chi connectivity index (χ3n) is 4.18. The Hall–Kier alpha value is -0.990. The van der Waals surface area contributed by atoms with Gasteiger partial charge in [0.25, 0.3) is 5.91 Å². The fraction of sp³-hybridized carbons (Fsp3) is 0.412. The molecule has 1 aliphatic rings. The molecule has 0 aliphatic heterocycles. The van der Waals surface area contributed by atoms with E-state index in [1.165, 1.54) is 29.8 Å². The van der Waals surface area contributed by atoms with Gasteiger partial charge in [-0.15, -0.1) is 22.7 Å². The first-order valence-electron chi connectivity index (χ1n) is 8.21. The Balaban J connectivity index is 1.91. The van der Waals surface area contributed by atoms with Gasteiger partial charge in [0.15, 0.2) is 0 Å². The summed E-state index contributed by atoms with van der Waals surface area (Å²) in [5.74, 6) is -0.806. The number of amides is 1. The maximum absolute atomic E-state index is 12.4. The van der Waals surface area contributed by atoms with Gasteiger partial charge in [0, 0.05) is 4.88 Å². The molecule has 1 aliphatic carbocycles. The topological polar surface area (TPSA) is 67.4 Å². The molecule has 0 unspecified atom stereocenters. The van der Waals surface area contributed by atoms with E-state index >= 15 is 0 Å². The van der Waals surface area contributed by atoms with Crippen LogP contribution in [0, 0.1) is 0 Å². The number of anilines is 1. The normalized spacial score (nSPS) is 15.0. The molecule has 0 spiro atoms. The second-order valence-corrected chi connectivity index (χ2v) is 10.4. The monoisotopic (exact) mass is 466 g/mol. The molecule has 0 fully saturated rings. The minimum atomic E-state index is -1.83. The van der Waals surface area contributed by atoms with Crippen LogP contribution >= 0.6 is 57.5 Å². The van der Waals surface area contributed by atoms with Gasteiger partial charge in [-0.05, 0) is 42.7 Å². The predicted molar refractivity (Wildman–Crippen MR) is 112 cm³/mol. The highest BCUT2D eigenvalue weighted by Crippen LogP contribution is 2.40. The Morgan fingerprint density at radius 1 is 1.26 bits per heavy atom. The van der Waals surface area contributed by atoms with Crippen LogP contribution in [0.3, 0.4) is 0 Å². The van der Waals surface area contributed by atoms with Gasteiger partial charge < -0.3 is 15.4 Å². The van der Waals surface area contributed by atoms with Crippen LogP contribution in [0.1, 0.15) is 43.3 Å². The number of carbonyl (C=O) groups excluding carboxylic acids is 2. The minimum Gasteiger partial charge on any atom is -0.465 e. The Labute approximate surface area is 179 Å². The summed E-state index contributed by atoms with van der Waals surface area (Å²) in [4.78, 5) is 26.4. The van der Waals surface area contributed by atoms with Crippen LogP contribution in [0.25, 0.3) is 0 Å². The van der Waals surface area contributed by atoms with Gasteiger partial charge in [0.05, 0.1) is 17.6 Å². The zero-order valence-corrected chi connectivity index (χ0v) is 18.2. The van der Waals surface area contributed by atoms with Crippen molar-refractivity contribution in [1.82, 2.24) is 5.32 Å². The Morgan fingerprint density at radius 2 is 2.00 bits per heavy atom. The zero-order valence-electron chi connectivity index (χ0n) is 14.3. The molecule has 0 bridgehead atoms. The lowest BCUT2D eigenvalue weighted by Crippen LogP contribution is -2.49. The molecule has 5 nitrogen and oxygen atoms in total. The van der Waals surface area contributed by atoms with E-state index in [1.54, 1.807) is 17.5 Å². The fourth-order valence-corrected chi connectivity index (χ4v) is 5.19. The Kier molecular flexibility index (Phi) is 6.58. The lowest BCUT2D eigenvalue weighted by molar-refractivity contribution is 0.0600. The lowest BCUT2D eigenvalue weighted by atomic mass is 9.95. The maximum Gasteiger partial charge on any atom is 0.341 e. The zero-order chi connectivity index (χ0) is 19.6. The van der Waals surface area contributed by atoms with E-state index in [4.69, 9.17) is 39.5 Å². The summed E-state index contributed by atoms with van der Waals surface area (Å²) < 4.78 is 3.12. The second kappa shape index (κ2) is 8.57. The molecule has 146 valence electrons. The number of rotatable bonds is 5. The second-order valence-electron chi connectivity index (χ2n) is 5.98.